The summed E-state index contributed by atoms with van der Waals surface area (Å²) in [5, 5.41) is 15.2. The van der Waals surface area contributed by atoms with E-state index in [1.165, 1.54) is 11.1 Å². The molecule has 1 aromatic rings. The Kier molecular flexibility index (Phi) is 4.57. The molecule has 1 aliphatic rings. The molecule has 0 spiro atoms. The highest BCUT2D eigenvalue weighted by Gasteiger charge is 2.32. The van der Waals surface area contributed by atoms with E-state index in [0.29, 0.717) is 26.1 Å². The van der Waals surface area contributed by atoms with Crippen molar-refractivity contribution in [1.82, 2.24) is 25.5 Å². The third-order valence-corrected chi connectivity index (χ3v) is 3.38. The van der Waals surface area contributed by atoms with Crippen molar-refractivity contribution in [2.24, 2.45) is 0 Å². The molecule has 4 N–H and O–H groups in total. The Morgan fingerprint density at radius 2 is 2.35 bits per heavy atom. The summed E-state index contributed by atoms with van der Waals surface area (Å²) < 4.78 is 0. The smallest absolute Gasteiger partial charge is 0.407 e. The molecular formula is C12H19N5O3. The number of aromatic nitrogens is 2. The van der Waals surface area contributed by atoms with Crippen molar-refractivity contribution >= 4 is 12.0 Å². The van der Waals surface area contributed by atoms with Crippen LogP contribution in [0.15, 0.2) is 12.4 Å². The molecule has 0 aliphatic carbocycles. The number of likely N-dealkylation sites (N-methyl/N-ethyl adjacent to an activating group) is 1. The molecule has 1 saturated heterocycles. The number of carboxylic acid groups (broad SMARTS) is 1. The molecule has 0 saturated carbocycles. The number of likely N-dealkylation sites (tertiary alicyclic amines) is 1. The lowest BCUT2D eigenvalue weighted by Crippen LogP contribution is -2.60. The zero-order valence-electron chi connectivity index (χ0n) is 11.3. The molecule has 2 rings (SSSR count). The van der Waals surface area contributed by atoms with Gasteiger partial charge < -0.3 is 25.6 Å². The maximum Gasteiger partial charge on any atom is 0.407 e. The molecule has 20 heavy (non-hydrogen) atoms. The van der Waals surface area contributed by atoms with Crippen LogP contribution in [-0.2, 0) is 0 Å². The maximum absolute atomic E-state index is 12.0. The average molecular weight is 281 g/mol. The number of aromatic amines is 1. The van der Waals surface area contributed by atoms with Crippen LogP contribution < -0.4 is 10.6 Å². The Morgan fingerprint density at radius 1 is 1.55 bits per heavy atom. The Labute approximate surface area is 116 Å². The predicted molar refractivity (Wildman–Crippen MR) is 71.5 cm³/mol. The van der Waals surface area contributed by atoms with Crippen LogP contribution in [0.5, 0.6) is 0 Å². The van der Waals surface area contributed by atoms with Crippen LogP contribution in [0.4, 0.5) is 4.79 Å². The van der Waals surface area contributed by atoms with E-state index >= 15 is 0 Å². The van der Waals surface area contributed by atoms with Gasteiger partial charge in [0.1, 0.15) is 0 Å². The van der Waals surface area contributed by atoms with E-state index in [4.69, 9.17) is 5.11 Å². The molecule has 2 heterocycles. The summed E-state index contributed by atoms with van der Waals surface area (Å²) in [5.74, 6) is -0.00686. The van der Waals surface area contributed by atoms with Gasteiger partial charge in [0.2, 0.25) is 0 Å². The van der Waals surface area contributed by atoms with Gasteiger partial charge in [-0.15, -0.1) is 0 Å². The van der Waals surface area contributed by atoms with E-state index in [-0.39, 0.29) is 23.8 Å². The summed E-state index contributed by atoms with van der Waals surface area (Å²) in [6.45, 7) is 3.45. The van der Waals surface area contributed by atoms with E-state index < -0.39 is 6.09 Å². The van der Waals surface area contributed by atoms with Gasteiger partial charge in [0.05, 0.1) is 0 Å². The lowest BCUT2D eigenvalue weighted by atomic mass is 9.99. The number of nitrogens with zero attached hydrogens (tertiary/aromatic N) is 2. The van der Waals surface area contributed by atoms with Crippen molar-refractivity contribution in [3.05, 3.63) is 18.2 Å². The number of amides is 2. The van der Waals surface area contributed by atoms with Gasteiger partial charge in [0.25, 0.3) is 5.91 Å². The molecule has 0 bridgehead atoms. The van der Waals surface area contributed by atoms with Crippen molar-refractivity contribution in [2.45, 2.75) is 25.4 Å². The molecule has 8 nitrogen and oxygen atoms in total. The molecule has 1 aromatic heterocycles. The van der Waals surface area contributed by atoms with E-state index in [0.717, 1.165) is 0 Å². The van der Waals surface area contributed by atoms with Crippen LogP contribution in [-0.4, -0.2) is 63.7 Å². The van der Waals surface area contributed by atoms with Crippen molar-refractivity contribution in [1.29, 1.82) is 0 Å². The number of piperidine rings is 1. The third kappa shape index (κ3) is 3.27. The van der Waals surface area contributed by atoms with Gasteiger partial charge in [-0.2, -0.15) is 0 Å². The monoisotopic (exact) mass is 281 g/mol. The van der Waals surface area contributed by atoms with E-state index in [1.807, 2.05) is 6.92 Å². The van der Waals surface area contributed by atoms with E-state index in [9.17, 15) is 9.59 Å². The normalized spacial score (nSPS) is 22.6. The second-order valence-electron chi connectivity index (χ2n) is 4.70. The van der Waals surface area contributed by atoms with E-state index in [1.54, 1.807) is 6.20 Å². The number of nitrogens with one attached hydrogen (secondary N) is 3. The molecule has 8 heteroatoms. The minimum atomic E-state index is -0.927. The molecule has 1 fully saturated rings. The van der Waals surface area contributed by atoms with Gasteiger partial charge in [0, 0.05) is 37.6 Å². The summed E-state index contributed by atoms with van der Waals surface area (Å²) in [5.41, 5.74) is 0. The van der Waals surface area contributed by atoms with Gasteiger partial charge in [-0.1, -0.05) is 6.92 Å². The number of hydrogen-bond acceptors (Lipinski definition) is 4. The average Bonchev–Trinajstić information content (AvgIpc) is 2.94. The third-order valence-electron chi connectivity index (χ3n) is 3.38. The number of carbonyl (C=O) groups is 2. The summed E-state index contributed by atoms with van der Waals surface area (Å²) in [4.78, 5) is 31.0. The SMILES string of the molecule is CCNC1CN(C(=O)O)CCC1NC(=O)c1ncc[nH]1. The predicted octanol–water partition coefficient (Wildman–Crippen LogP) is -0.130. The number of imidazole rings is 1. The van der Waals surface area contributed by atoms with Crippen molar-refractivity contribution in [2.75, 3.05) is 19.6 Å². The fourth-order valence-corrected chi connectivity index (χ4v) is 2.39. The molecule has 2 amide bonds. The molecule has 2 unspecified atom stereocenters. The first-order valence-electron chi connectivity index (χ1n) is 6.63. The quantitative estimate of drug-likeness (QED) is 0.614. The summed E-state index contributed by atoms with van der Waals surface area (Å²) in [6.07, 6.45) is 2.76. The lowest BCUT2D eigenvalue weighted by molar-refractivity contribution is 0.0863. The van der Waals surface area contributed by atoms with Gasteiger partial charge in [-0.3, -0.25) is 4.79 Å². The first-order valence-corrected chi connectivity index (χ1v) is 6.63. The summed E-state index contributed by atoms with van der Waals surface area (Å²) >= 11 is 0. The van der Waals surface area contributed by atoms with Gasteiger partial charge in [-0.05, 0) is 13.0 Å². The number of carbonyl (C=O) groups excluding carboxylic acids is 1. The molecular weight excluding hydrogens is 262 g/mol. The highest BCUT2D eigenvalue weighted by molar-refractivity contribution is 5.90. The fourth-order valence-electron chi connectivity index (χ4n) is 2.39. The summed E-state index contributed by atoms with van der Waals surface area (Å²) in [6, 6.07) is -0.202. The van der Waals surface area contributed by atoms with Crippen LogP contribution in [0.1, 0.15) is 24.0 Å². The van der Waals surface area contributed by atoms with Gasteiger partial charge in [-0.25, -0.2) is 9.78 Å². The molecule has 110 valence electrons. The minimum Gasteiger partial charge on any atom is -0.465 e. The number of hydrogen-bond donors (Lipinski definition) is 4. The number of H-pyrrole nitrogens is 1. The molecule has 0 aromatic carbocycles. The Morgan fingerprint density at radius 3 is 2.95 bits per heavy atom. The molecule has 0 radical (unpaired) electrons. The van der Waals surface area contributed by atoms with Crippen LogP contribution in [0.2, 0.25) is 0 Å². The largest absolute Gasteiger partial charge is 0.465 e. The van der Waals surface area contributed by atoms with Gasteiger partial charge in [0.15, 0.2) is 5.82 Å². The number of rotatable bonds is 4. The highest BCUT2D eigenvalue weighted by Crippen LogP contribution is 2.12. The van der Waals surface area contributed by atoms with Gasteiger partial charge >= 0.3 is 6.09 Å². The van der Waals surface area contributed by atoms with Crippen molar-refractivity contribution in [3.8, 4) is 0 Å². The van der Waals surface area contributed by atoms with Crippen molar-refractivity contribution < 1.29 is 14.7 Å². The topological polar surface area (TPSA) is 110 Å². The first-order chi connectivity index (χ1) is 9.61. The highest BCUT2D eigenvalue weighted by atomic mass is 16.4. The molecule has 2 atom stereocenters. The van der Waals surface area contributed by atoms with Crippen molar-refractivity contribution in [3.63, 3.8) is 0 Å². The Bertz CT molecular complexity index is 462. The van der Waals surface area contributed by atoms with Crippen LogP contribution in [0.25, 0.3) is 0 Å². The fraction of sp³-hybridized carbons (Fsp3) is 0.583. The zero-order valence-corrected chi connectivity index (χ0v) is 11.3. The van der Waals surface area contributed by atoms with Crippen LogP contribution >= 0.6 is 0 Å². The second-order valence-corrected chi connectivity index (χ2v) is 4.70. The second kappa shape index (κ2) is 6.38. The lowest BCUT2D eigenvalue weighted by Gasteiger charge is -2.37. The van der Waals surface area contributed by atoms with Crippen LogP contribution in [0.3, 0.4) is 0 Å². The molecule has 1 aliphatic heterocycles. The maximum atomic E-state index is 12.0. The standard InChI is InChI=1S/C12H19N5O3/c1-2-13-9-7-17(12(19)20)6-3-8(9)16-11(18)10-14-4-5-15-10/h4-5,8-9,13H,2-3,6-7H2,1H3,(H,14,15)(H,16,18)(H,19,20). The summed E-state index contributed by atoms with van der Waals surface area (Å²) in [7, 11) is 0. The minimum absolute atomic E-state index is 0.0937. The van der Waals surface area contributed by atoms with E-state index in [2.05, 4.69) is 20.6 Å². The Hall–Kier alpha value is -2.09. The first kappa shape index (κ1) is 14.3. The van der Waals surface area contributed by atoms with Crippen LogP contribution in [0, 0.1) is 0 Å². The Balaban J connectivity index is 1.99. The zero-order chi connectivity index (χ0) is 14.5.